The number of benzene rings is 2. The van der Waals surface area contributed by atoms with Gasteiger partial charge in [0.05, 0.1) is 32.2 Å². The van der Waals surface area contributed by atoms with Crippen LogP contribution in [0.5, 0.6) is 0 Å². The van der Waals surface area contributed by atoms with E-state index in [0.29, 0.717) is 11.4 Å². The molecule has 1 heterocycles. The van der Waals surface area contributed by atoms with Crippen molar-refractivity contribution in [2.75, 3.05) is 0 Å². The van der Waals surface area contributed by atoms with E-state index in [0.717, 1.165) is 11.6 Å². The summed E-state index contributed by atoms with van der Waals surface area (Å²) in [4.78, 5) is 0. The Bertz CT molecular complexity index is 872. The summed E-state index contributed by atoms with van der Waals surface area (Å²) in [5.74, 6) is 0.750. The molecule has 2 aromatic carbocycles. The molecule has 3 aromatic rings. The molecule has 0 bridgehead atoms. The van der Waals surface area contributed by atoms with E-state index >= 15 is 0 Å². The van der Waals surface area contributed by atoms with Crippen molar-refractivity contribution in [3.8, 4) is 0 Å². The van der Waals surface area contributed by atoms with Crippen LogP contribution in [-0.2, 0) is 14.1 Å². The van der Waals surface area contributed by atoms with Gasteiger partial charge >= 0.3 is 5.95 Å². The number of hydrogen-bond acceptors (Lipinski definition) is 4. The largest absolute Gasteiger partial charge is 0.421 e. The number of imidazole rings is 1. The van der Waals surface area contributed by atoms with E-state index in [2.05, 4.69) is 20.5 Å². The van der Waals surface area contributed by atoms with Gasteiger partial charge in [0.2, 0.25) is 0 Å². The minimum atomic E-state index is 0.676. The zero-order valence-corrected chi connectivity index (χ0v) is 18.0. The zero-order valence-electron chi connectivity index (χ0n) is 18.0. The Kier molecular flexibility index (Phi) is 10.0. The number of aromatic nitrogens is 2. The lowest BCUT2D eigenvalue weighted by Crippen LogP contribution is -2.25. The first-order chi connectivity index (χ1) is 13.6. The van der Waals surface area contributed by atoms with Crippen molar-refractivity contribution in [2.24, 2.45) is 34.6 Å². The Labute approximate surface area is 168 Å². The highest BCUT2D eigenvalue weighted by Crippen LogP contribution is 2.30. The molecular weight excluding hydrogens is 348 g/mol. The van der Waals surface area contributed by atoms with Crippen molar-refractivity contribution in [3.05, 3.63) is 66.5 Å². The van der Waals surface area contributed by atoms with E-state index in [1.54, 1.807) is 0 Å². The molecule has 0 N–H and O–H groups in total. The maximum absolute atomic E-state index is 4.33. The molecule has 0 fully saturated rings. The third-order valence-corrected chi connectivity index (χ3v) is 3.58. The van der Waals surface area contributed by atoms with Crippen molar-refractivity contribution < 1.29 is 4.57 Å². The summed E-state index contributed by atoms with van der Waals surface area (Å²) in [5.41, 5.74) is 3.35. The van der Waals surface area contributed by atoms with Gasteiger partial charge in [-0.05, 0) is 31.2 Å². The van der Waals surface area contributed by atoms with Gasteiger partial charge in [-0.1, -0.05) is 62.6 Å². The Morgan fingerprint density at radius 1 is 0.750 bits per heavy atom. The first-order valence-corrected chi connectivity index (χ1v) is 9.63. The second-order valence-corrected chi connectivity index (χ2v) is 5.54. The van der Waals surface area contributed by atoms with Crippen LogP contribution in [0.2, 0.25) is 0 Å². The van der Waals surface area contributed by atoms with Crippen molar-refractivity contribution >= 4 is 23.0 Å². The molecule has 148 valence electrons. The number of rotatable bonds is 4. The second kappa shape index (κ2) is 12.3. The van der Waals surface area contributed by atoms with E-state index in [-0.39, 0.29) is 0 Å². The normalized spacial score (nSPS) is 10.4. The number of aryl methyl sites for hydroxylation is 3. The van der Waals surface area contributed by atoms with Crippen molar-refractivity contribution in [2.45, 2.75) is 34.6 Å². The van der Waals surface area contributed by atoms with Crippen molar-refractivity contribution in [1.82, 2.24) is 4.57 Å². The summed E-state index contributed by atoms with van der Waals surface area (Å²) in [6.07, 6.45) is 3.86. The maximum atomic E-state index is 4.33. The molecule has 6 heteroatoms. The fourth-order valence-electron chi connectivity index (χ4n) is 2.18. The van der Waals surface area contributed by atoms with Gasteiger partial charge < -0.3 is 0 Å². The Balaban J connectivity index is 0.000000921. The lowest BCUT2D eigenvalue weighted by molar-refractivity contribution is -0.657. The standard InChI is InChI=1S/C18H19N6.2C2H6/c1-14-8-10-15(11-9-14)19-20-16-6-4-5-7-17(16)21-22-18-23(2)12-13-24(18)3;2*1-2/h4-13H,1-3H3;2*1-2H3/q+1;;. The van der Waals surface area contributed by atoms with Gasteiger partial charge in [-0.2, -0.15) is 5.11 Å². The lowest BCUT2D eigenvalue weighted by Gasteiger charge is -1.97. The van der Waals surface area contributed by atoms with Crippen LogP contribution in [0.4, 0.5) is 23.0 Å². The van der Waals surface area contributed by atoms with E-state index in [1.807, 2.05) is 119 Å². The van der Waals surface area contributed by atoms with Crippen LogP contribution in [-0.4, -0.2) is 4.57 Å². The summed E-state index contributed by atoms with van der Waals surface area (Å²) < 4.78 is 3.81. The van der Waals surface area contributed by atoms with Gasteiger partial charge in [-0.15, -0.1) is 5.11 Å². The van der Waals surface area contributed by atoms with Crippen molar-refractivity contribution in [1.29, 1.82) is 0 Å². The van der Waals surface area contributed by atoms with E-state index < -0.39 is 0 Å². The molecule has 0 saturated carbocycles. The van der Waals surface area contributed by atoms with Crippen LogP contribution >= 0.6 is 0 Å². The van der Waals surface area contributed by atoms with Crippen LogP contribution in [0.15, 0.2) is 81.4 Å². The summed E-state index contributed by atoms with van der Waals surface area (Å²) >= 11 is 0. The third-order valence-electron chi connectivity index (χ3n) is 3.58. The van der Waals surface area contributed by atoms with E-state index in [4.69, 9.17) is 0 Å². The van der Waals surface area contributed by atoms with Crippen LogP contribution in [0.25, 0.3) is 0 Å². The smallest absolute Gasteiger partial charge is 0.233 e. The third kappa shape index (κ3) is 6.54. The summed E-state index contributed by atoms with van der Waals surface area (Å²) in [6, 6.07) is 15.5. The second-order valence-electron chi connectivity index (χ2n) is 5.54. The molecule has 0 radical (unpaired) electrons. The molecule has 0 saturated heterocycles. The van der Waals surface area contributed by atoms with E-state index in [1.165, 1.54) is 5.56 Å². The van der Waals surface area contributed by atoms with Crippen LogP contribution in [0, 0.1) is 6.92 Å². The van der Waals surface area contributed by atoms with Crippen LogP contribution in [0.3, 0.4) is 0 Å². The fourth-order valence-corrected chi connectivity index (χ4v) is 2.18. The molecule has 1 aromatic heterocycles. The highest BCUT2D eigenvalue weighted by Gasteiger charge is 2.11. The van der Waals surface area contributed by atoms with Gasteiger partial charge in [0, 0.05) is 5.11 Å². The average Bonchev–Trinajstić information content (AvgIpc) is 3.07. The summed E-state index contributed by atoms with van der Waals surface area (Å²) in [6.45, 7) is 10.0. The summed E-state index contributed by atoms with van der Waals surface area (Å²) in [5, 5.41) is 17.2. The van der Waals surface area contributed by atoms with Gasteiger partial charge in [0.15, 0.2) is 0 Å². The highest BCUT2D eigenvalue weighted by atomic mass is 15.3. The molecule has 0 atom stereocenters. The van der Waals surface area contributed by atoms with Gasteiger partial charge in [0.25, 0.3) is 0 Å². The van der Waals surface area contributed by atoms with Crippen molar-refractivity contribution in [3.63, 3.8) is 0 Å². The molecule has 0 amide bonds. The van der Waals surface area contributed by atoms with Crippen LogP contribution in [0.1, 0.15) is 33.3 Å². The van der Waals surface area contributed by atoms with Gasteiger partial charge in [0.1, 0.15) is 11.4 Å². The molecule has 3 rings (SSSR count). The molecule has 0 spiro atoms. The molecule has 0 aliphatic heterocycles. The monoisotopic (exact) mass is 379 g/mol. The lowest BCUT2D eigenvalue weighted by atomic mass is 10.2. The Morgan fingerprint density at radius 3 is 1.79 bits per heavy atom. The predicted molar refractivity (Wildman–Crippen MR) is 115 cm³/mol. The Morgan fingerprint density at radius 2 is 1.29 bits per heavy atom. The van der Waals surface area contributed by atoms with Gasteiger partial charge in [-0.25, -0.2) is 9.13 Å². The molecular formula is C22H31N6+. The SMILES string of the molecule is CC.CC.Cc1ccc(N=Nc2ccccc2N=Nc2n(C)cc[n+]2C)cc1. The fraction of sp³-hybridized carbons (Fsp3) is 0.318. The van der Waals surface area contributed by atoms with Crippen LogP contribution < -0.4 is 4.57 Å². The van der Waals surface area contributed by atoms with Gasteiger partial charge in [-0.3, -0.25) is 0 Å². The molecule has 0 unspecified atom stereocenters. The first kappa shape index (κ1) is 22.9. The summed E-state index contributed by atoms with van der Waals surface area (Å²) in [7, 11) is 3.86. The molecule has 6 nitrogen and oxygen atoms in total. The Hall–Kier alpha value is -3.15. The predicted octanol–water partition coefficient (Wildman–Crippen LogP) is 7.04. The first-order valence-electron chi connectivity index (χ1n) is 9.63. The molecule has 28 heavy (non-hydrogen) atoms. The topological polar surface area (TPSA) is 58.2 Å². The van der Waals surface area contributed by atoms with E-state index in [9.17, 15) is 0 Å². The zero-order chi connectivity index (χ0) is 20.9. The average molecular weight is 380 g/mol. The number of hydrogen-bond donors (Lipinski definition) is 0. The number of azo groups is 2. The highest BCUT2D eigenvalue weighted by molar-refractivity contribution is 5.60. The molecule has 0 aliphatic carbocycles. The minimum absolute atomic E-state index is 0.676. The number of nitrogens with zero attached hydrogens (tertiary/aromatic N) is 6. The molecule has 0 aliphatic rings. The minimum Gasteiger partial charge on any atom is -0.233 e. The quantitative estimate of drug-likeness (QED) is 0.345. The maximum Gasteiger partial charge on any atom is 0.421 e.